The number of fused-ring (bicyclic) bond motifs is 1. The summed E-state index contributed by atoms with van der Waals surface area (Å²) in [6.45, 7) is 7.50. The average Bonchev–Trinajstić information content (AvgIpc) is 3.73. The van der Waals surface area contributed by atoms with Gasteiger partial charge in [-0.1, -0.05) is 19.1 Å². The van der Waals surface area contributed by atoms with E-state index in [0.717, 1.165) is 86.3 Å². The van der Waals surface area contributed by atoms with Crippen molar-refractivity contribution in [1.29, 1.82) is 0 Å². The SMILES string of the molecule is C[C@H]1CN(S(=O)(=O)Nc2ccc(F)c(C(=O)c3c[nH]c4ncc(-c5ccc(N6CCN(CC7CCN(CC(=O)O)CC7)CC6)cc5)cc34)c2F)C[C@@H]1F. The predicted octanol–water partition coefficient (Wildman–Crippen LogP) is 4.60. The summed E-state index contributed by atoms with van der Waals surface area (Å²) in [6.07, 6.45) is 3.62. The Morgan fingerprint density at radius 1 is 0.962 bits per heavy atom. The molecule has 3 saturated heterocycles. The topological polar surface area (TPSA) is 142 Å². The zero-order valence-electron chi connectivity index (χ0n) is 29.3. The van der Waals surface area contributed by atoms with Gasteiger partial charge in [0.1, 0.15) is 17.6 Å². The number of carbonyl (C=O) groups excluding carboxylic acids is 1. The van der Waals surface area contributed by atoms with Gasteiger partial charge in [-0.15, -0.1) is 0 Å². The molecule has 0 amide bonds. The van der Waals surface area contributed by atoms with E-state index >= 15 is 8.78 Å². The number of piperidine rings is 1. The van der Waals surface area contributed by atoms with Gasteiger partial charge in [-0.3, -0.25) is 24.1 Å². The van der Waals surface area contributed by atoms with Crippen LogP contribution in [0.1, 0.15) is 35.7 Å². The highest BCUT2D eigenvalue weighted by Gasteiger charge is 2.37. The van der Waals surface area contributed by atoms with Gasteiger partial charge in [0.25, 0.3) is 0 Å². The van der Waals surface area contributed by atoms with Crippen LogP contribution in [0, 0.1) is 23.5 Å². The van der Waals surface area contributed by atoms with Gasteiger partial charge in [0.05, 0.1) is 17.8 Å². The van der Waals surface area contributed by atoms with Crippen LogP contribution in [-0.2, 0) is 15.0 Å². The maximum atomic E-state index is 15.7. The van der Waals surface area contributed by atoms with Gasteiger partial charge < -0.3 is 15.0 Å². The summed E-state index contributed by atoms with van der Waals surface area (Å²) in [6, 6.07) is 11.4. The summed E-state index contributed by atoms with van der Waals surface area (Å²) in [4.78, 5) is 38.8. The molecule has 2 atom stereocenters. The third kappa shape index (κ3) is 7.91. The number of benzene rings is 2. The minimum atomic E-state index is -4.37. The molecule has 0 spiro atoms. The second-order valence-electron chi connectivity index (χ2n) is 14.3. The third-order valence-electron chi connectivity index (χ3n) is 10.7. The van der Waals surface area contributed by atoms with E-state index < -0.39 is 63.5 Å². The van der Waals surface area contributed by atoms with Crippen molar-refractivity contribution in [3.8, 4) is 11.1 Å². The number of aromatic nitrogens is 2. The largest absolute Gasteiger partial charge is 0.480 e. The number of likely N-dealkylation sites (tertiary alicyclic amines) is 1. The Balaban J connectivity index is 1.01. The Bertz CT molecular complexity index is 2090. The molecule has 0 saturated carbocycles. The van der Waals surface area contributed by atoms with E-state index in [0.29, 0.717) is 22.5 Å². The molecule has 0 aliphatic carbocycles. The second kappa shape index (κ2) is 15.1. The summed E-state index contributed by atoms with van der Waals surface area (Å²) < 4.78 is 73.5. The van der Waals surface area contributed by atoms with Crippen molar-refractivity contribution in [3.63, 3.8) is 0 Å². The number of carboxylic acid groups (broad SMARTS) is 1. The van der Waals surface area contributed by atoms with Gasteiger partial charge in [0.2, 0.25) is 5.78 Å². The highest BCUT2D eigenvalue weighted by Crippen LogP contribution is 2.32. The molecule has 3 fully saturated rings. The van der Waals surface area contributed by atoms with Crippen molar-refractivity contribution in [2.45, 2.75) is 25.9 Å². The number of aliphatic carboxylic acids is 1. The molecule has 0 radical (unpaired) electrons. The number of anilines is 2. The highest BCUT2D eigenvalue weighted by molar-refractivity contribution is 7.90. The number of carbonyl (C=O) groups is 2. The number of carboxylic acids is 1. The molecule has 16 heteroatoms. The van der Waals surface area contributed by atoms with Crippen LogP contribution in [0.15, 0.2) is 54.9 Å². The van der Waals surface area contributed by atoms with Crippen LogP contribution in [-0.4, -0.2) is 121 Å². The maximum absolute atomic E-state index is 15.7. The molecule has 3 aliphatic rings. The predicted molar refractivity (Wildman–Crippen MR) is 195 cm³/mol. The number of nitrogens with one attached hydrogen (secondary N) is 2. The quantitative estimate of drug-likeness (QED) is 0.188. The van der Waals surface area contributed by atoms with Crippen LogP contribution in [0.3, 0.4) is 0 Å². The number of H-pyrrole nitrogens is 1. The average molecular weight is 754 g/mol. The van der Waals surface area contributed by atoms with E-state index in [4.69, 9.17) is 5.11 Å². The van der Waals surface area contributed by atoms with Crippen molar-refractivity contribution >= 4 is 44.4 Å². The molecule has 53 heavy (non-hydrogen) atoms. The first-order valence-electron chi connectivity index (χ1n) is 17.8. The van der Waals surface area contributed by atoms with Crippen molar-refractivity contribution in [2.24, 2.45) is 11.8 Å². The highest BCUT2D eigenvalue weighted by atomic mass is 32.2. The molecule has 3 N–H and O–H groups in total. The first kappa shape index (κ1) is 36.8. The Labute approximate surface area is 305 Å². The van der Waals surface area contributed by atoms with Crippen molar-refractivity contribution in [3.05, 3.63) is 77.6 Å². The molecular formula is C37H42F3N7O5S. The van der Waals surface area contributed by atoms with Gasteiger partial charge in [-0.05, 0) is 67.7 Å². The number of aromatic amines is 1. The number of hydrogen-bond acceptors (Lipinski definition) is 8. The molecule has 282 valence electrons. The molecule has 3 aliphatic heterocycles. The standard InChI is InChI=1S/C37H42F3N7O5S/c1-23-19-47(21-31(23)39)53(51,52)43-32-7-6-30(38)34(35(32)40)36(50)29-18-42-37-28(29)16-26(17-41-37)25-2-4-27(5-3-25)46-14-12-45(13-15-46)20-24-8-10-44(11-9-24)22-33(48)49/h2-7,16-18,23-24,31,43H,8-15,19-22H2,1H3,(H,41,42)(H,48,49)/t23-,31-/m0/s1. The Kier molecular flexibility index (Phi) is 10.5. The molecule has 12 nitrogen and oxygen atoms in total. The van der Waals surface area contributed by atoms with Gasteiger partial charge in [0.15, 0.2) is 5.82 Å². The molecule has 0 unspecified atom stereocenters. The monoisotopic (exact) mass is 753 g/mol. The third-order valence-corrected chi connectivity index (χ3v) is 12.1. The maximum Gasteiger partial charge on any atom is 0.317 e. The number of hydrogen-bond donors (Lipinski definition) is 3. The summed E-state index contributed by atoms with van der Waals surface area (Å²) in [5.41, 5.74) is 1.33. The van der Waals surface area contributed by atoms with Gasteiger partial charge >= 0.3 is 16.2 Å². The second-order valence-corrected chi connectivity index (χ2v) is 16.0. The van der Waals surface area contributed by atoms with Crippen LogP contribution < -0.4 is 9.62 Å². The molecule has 2 aromatic heterocycles. The fourth-order valence-electron chi connectivity index (χ4n) is 7.54. The number of rotatable bonds is 11. The lowest BCUT2D eigenvalue weighted by atomic mass is 9.96. The van der Waals surface area contributed by atoms with Crippen LogP contribution in [0.2, 0.25) is 0 Å². The van der Waals surface area contributed by atoms with E-state index in [1.165, 1.54) is 6.20 Å². The Morgan fingerprint density at radius 3 is 2.34 bits per heavy atom. The Morgan fingerprint density at radius 2 is 1.68 bits per heavy atom. The zero-order valence-corrected chi connectivity index (χ0v) is 30.1. The van der Waals surface area contributed by atoms with E-state index in [2.05, 4.69) is 24.5 Å². The fourth-order valence-corrected chi connectivity index (χ4v) is 8.88. The lowest BCUT2D eigenvalue weighted by Crippen LogP contribution is -2.49. The smallest absolute Gasteiger partial charge is 0.317 e. The normalized spacial score (nSPS) is 21.0. The Hall–Kier alpha value is -4.51. The fraction of sp³-hybridized carbons (Fsp3) is 0.432. The number of piperazine rings is 1. The van der Waals surface area contributed by atoms with Gasteiger partial charge in [-0.2, -0.15) is 12.7 Å². The minimum Gasteiger partial charge on any atom is -0.480 e. The molecule has 5 heterocycles. The van der Waals surface area contributed by atoms with Crippen LogP contribution in [0.5, 0.6) is 0 Å². The summed E-state index contributed by atoms with van der Waals surface area (Å²) >= 11 is 0. The zero-order chi connectivity index (χ0) is 37.4. The van der Waals surface area contributed by atoms with Crippen LogP contribution in [0.25, 0.3) is 22.2 Å². The number of alkyl halides is 1. The molecular weight excluding hydrogens is 712 g/mol. The number of ketones is 1. The summed E-state index contributed by atoms with van der Waals surface area (Å²) in [5.74, 6) is -4.28. The summed E-state index contributed by atoms with van der Waals surface area (Å²) in [5, 5.41) is 9.38. The molecule has 4 aromatic rings. The lowest BCUT2D eigenvalue weighted by molar-refractivity contribution is -0.138. The van der Waals surface area contributed by atoms with Crippen LogP contribution >= 0.6 is 0 Å². The molecule has 0 bridgehead atoms. The van der Waals surface area contributed by atoms with Crippen molar-refractivity contribution in [1.82, 2.24) is 24.1 Å². The van der Waals surface area contributed by atoms with Gasteiger partial charge in [-0.25, -0.2) is 18.2 Å². The first-order chi connectivity index (χ1) is 25.4. The van der Waals surface area contributed by atoms with Crippen LogP contribution in [0.4, 0.5) is 24.5 Å². The number of pyridine rings is 1. The van der Waals surface area contributed by atoms with Crippen molar-refractivity contribution in [2.75, 3.05) is 75.1 Å². The molecule has 7 rings (SSSR count). The molecule has 2 aromatic carbocycles. The lowest BCUT2D eigenvalue weighted by Gasteiger charge is -2.39. The summed E-state index contributed by atoms with van der Waals surface area (Å²) in [7, 11) is -4.37. The van der Waals surface area contributed by atoms with E-state index in [1.54, 1.807) is 19.2 Å². The number of halogens is 3. The van der Waals surface area contributed by atoms with Gasteiger partial charge in [0, 0.05) is 86.3 Å². The number of nitrogens with zero attached hydrogens (tertiary/aromatic N) is 5. The first-order valence-corrected chi connectivity index (χ1v) is 19.2. The van der Waals surface area contributed by atoms with E-state index in [9.17, 15) is 22.4 Å². The van der Waals surface area contributed by atoms with E-state index in [1.807, 2.05) is 29.2 Å². The minimum absolute atomic E-state index is 0.0406. The van der Waals surface area contributed by atoms with Crippen molar-refractivity contribution < 1.29 is 36.3 Å². The van der Waals surface area contributed by atoms with E-state index in [-0.39, 0.29) is 18.7 Å².